The van der Waals surface area contributed by atoms with Crippen molar-refractivity contribution < 1.29 is 9.90 Å². The highest BCUT2D eigenvalue weighted by Crippen LogP contribution is 2.37. The van der Waals surface area contributed by atoms with Gasteiger partial charge in [-0.3, -0.25) is 5.01 Å². The van der Waals surface area contributed by atoms with Gasteiger partial charge in [-0.25, -0.2) is 4.79 Å². The molecule has 0 radical (unpaired) electrons. The maximum atomic E-state index is 11.7. The second kappa shape index (κ2) is 6.20. The number of aromatic carboxylic acids is 1. The Bertz CT molecular complexity index is 997. The molecule has 4 rings (SSSR count). The normalized spacial score (nSPS) is 12.6. The average molecular weight is 345 g/mol. The van der Waals surface area contributed by atoms with E-state index >= 15 is 0 Å². The number of carboxylic acid groups (broad SMARTS) is 1. The van der Waals surface area contributed by atoms with Crippen molar-refractivity contribution in [2.45, 2.75) is 6.92 Å². The predicted octanol–water partition coefficient (Wildman–Crippen LogP) is 4.31. The maximum absolute atomic E-state index is 11.7. The number of nitrogens with one attached hydrogen (secondary N) is 2. The number of anilines is 2. The zero-order valence-corrected chi connectivity index (χ0v) is 14.6. The monoisotopic (exact) mass is 345 g/mol. The van der Waals surface area contributed by atoms with Gasteiger partial charge in [0.15, 0.2) is 0 Å². The fourth-order valence-corrected chi connectivity index (χ4v) is 3.36. The molecule has 1 aliphatic rings. The van der Waals surface area contributed by atoms with E-state index in [1.165, 1.54) is 11.1 Å². The number of carbonyl (C=O) groups is 1. The lowest BCUT2D eigenvalue weighted by Gasteiger charge is -2.14. The number of hydrogen-bond donors (Lipinski definition) is 3. The first kappa shape index (κ1) is 16.2. The Morgan fingerprint density at radius 3 is 2.35 bits per heavy atom. The molecule has 0 bridgehead atoms. The molecule has 1 aliphatic heterocycles. The molecule has 26 heavy (non-hydrogen) atoms. The summed E-state index contributed by atoms with van der Waals surface area (Å²) in [5.41, 5.74) is 13.0. The van der Waals surface area contributed by atoms with Crippen LogP contribution in [0.25, 0.3) is 22.3 Å². The predicted molar refractivity (Wildman–Crippen MR) is 104 cm³/mol. The van der Waals surface area contributed by atoms with Crippen molar-refractivity contribution in [2.75, 3.05) is 17.5 Å². The van der Waals surface area contributed by atoms with Gasteiger partial charge in [-0.2, -0.15) is 0 Å². The first-order valence-electron chi connectivity index (χ1n) is 8.38. The fraction of sp³-hybridized carbons (Fsp3) is 0.0952. The van der Waals surface area contributed by atoms with Gasteiger partial charge < -0.3 is 10.5 Å². The Kier molecular flexibility index (Phi) is 3.86. The second-order valence-corrected chi connectivity index (χ2v) is 6.41. The molecule has 3 aromatic carbocycles. The molecular formula is C21H19N3O2. The Morgan fingerprint density at radius 2 is 1.65 bits per heavy atom. The van der Waals surface area contributed by atoms with Gasteiger partial charge in [-0.15, -0.1) is 5.53 Å². The molecule has 0 atom stereocenters. The zero-order chi connectivity index (χ0) is 18.3. The molecule has 0 fully saturated rings. The van der Waals surface area contributed by atoms with E-state index in [1.54, 1.807) is 18.1 Å². The van der Waals surface area contributed by atoms with Gasteiger partial charge in [-0.05, 0) is 46.9 Å². The highest BCUT2D eigenvalue weighted by Gasteiger charge is 2.24. The van der Waals surface area contributed by atoms with Crippen molar-refractivity contribution in [1.82, 2.24) is 5.53 Å². The summed E-state index contributed by atoms with van der Waals surface area (Å²) < 4.78 is 0. The first-order valence-corrected chi connectivity index (χ1v) is 8.38. The molecule has 0 unspecified atom stereocenters. The third-order valence-corrected chi connectivity index (χ3v) is 4.71. The topological polar surface area (TPSA) is 64.6 Å². The van der Waals surface area contributed by atoms with Crippen LogP contribution in [0.4, 0.5) is 11.4 Å². The van der Waals surface area contributed by atoms with Crippen molar-refractivity contribution in [3.8, 4) is 22.3 Å². The lowest BCUT2D eigenvalue weighted by atomic mass is 9.96. The fourth-order valence-electron chi connectivity index (χ4n) is 3.36. The van der Waals surface area contributed by atoms with Crippen LogP contribution in [-0.2, 0) is 0 Å². The molecule has 5 nitrogen and oxygen atoms in total. The summed E-state index contributed by atoms with van der Waals surface area (Å²) in [6.07, 6.45) is 0. The van der Waals surface area contributed by atoms with E-state index in [2.05, 4.69) is 42.1 Å². The molecule has 0 aromatic heterocycles. The van der Waals surface area contributed by atoms with Gasteiger partial charge in [0.05, 0.1) is 16.9 Å². The molecule has 0 amide bonds. The number of aryl methyl sites for hydroxylation is 1. The van der Waals surface area contributed by atoms with Gasteiger partial charge in [-0.1, -0.05) is 48.5 Å². The Balaban J connectivity index is 1.76. The number of benzene rings is 3. The Labute approximate surface area is 151 Å². The van der Waals surface area contributed by atoms with Crippen LogP contribution in [-0.4, -0.2) is 18.1 Å². The minimum Gasteiger partial charge on any atom is -0.478 e. The number of fused-ring (bicyclic) bond motifs is 1. The Hall–Kier alpha value is -3.31. The van der Waals surface area contributed by atoms with E-state index in [1.807, 2.05) is 30.3 Å². The minimum atomic E-state index is -0.947. The van der Waals surface area contributed by atoms with E-state index in [9.17, 15) is 9.90 Å². The first-order chi connectivity index (χ1) is 12.5. The standard InChI is InChI=1S/C21H19N3O2/c1-13-5-3-4-6-17(13)15-9-7-14(8-10-15)16-11-18(21(25)26)20-19(12-16)22-23-24(20)2/h3-12,22-23H,1-2H3,(H,25,26). The molecule has 3 N–H and O–H groups in total. The van der Waals surface area contributed by atoms with Crippen molar-refractivity contribution in [3.05, 3.63) is 71.8 Å². The summed E-state index contributed by atoms with van der Waals surface area (Å²) in [7, 11) is 1.78. The second-order valence-electron chi connectivity index (χ2n) is 6.41. The van der Waals surface area contributed by atoms with Crippen molar-refractivity contribution in [2.24, 2.45) is 0 Å². The largest absolute Gasteiger partial charge is 0.478 e. The van der Waals surface area contributed by atoms with E-state index in [4.69, 9.17) is 0 Å². The molecule has 130 valence electrons. The number of rotatable bonds is 3. The van der Waals surface area contributed by atoms with Crippen molar-refractivity contribution in [3.63, 3.8) is 0 Å². The van der Waals surface area contributed by atoms with Gasteiger partial charge in [0.2, 0.25) is 0 Å². The van der Waals surface area contributed by atoms with Crippen LogP contribution < -0.4 is 16.0 Å². The number of carboxylic acids is 1. The SMILES string of the molecule is Cc1ccccc1-c1ccc(-c2cc3c(c(C(=O)O)c2)N(C)NN3)cc1. The molecular weight excluding hydrogens is 326 g/mol. The van der Waals surface area contributed by atoms with Gasteiger partial charge in [0, 0.05) is 7.05 Å². The lowest BCUT2D eigenvalue weighted by Crippen LogP contribution is -2.32. The van der Waals surface area contributed by atoms with Crippen LogP contribution in [0, 0.1) is 6.92 Å². The third-order valence-electron chi connectivity index (χ3n) is 4.71. The van der Waals surface area contributed by atoms with Crippen molar-refractivity contribution >= 4 is 17.3 Å². The molecule has 1 heterocycles. The summed E-state index contributed by atoms with van der Waals surface area (Å²) in [4.78, 5) is 11.7. The smallest absolute Gasteiger partial charge is 0.337 e. The van der Waals surface area contributed by atoms with E-state index < -0.39 is 5.97 Å². The Morgan fingerprint density at radius 1 is 0.962 bits per heavy atom. The maximum Gasteiger partial charge on any atom is 0.337 e. The van der Waals surface area contributed by atoms with Crippen LogP contribution >= 0.6 is 0 Å². The van der Waals surface area contributed by atoms with Gasteiger partial charge in [0.1, 0.15) is 0 Å². The summed E-state index contributed by atoms with van der Waals surface area (Å²) >= 11 is 0. The van der Waals surface area contributed by atoms with E-state index in [0.29, 0.717) is 5.69 Å². The highest BCUT2D eigenvalue weighted by atomic mass is 16.4. The molecule has 0 saturated carbocycles. The summed E-state index contributed by atoms with van der Waals surface area (Å²) in [6, 6.07) is 20.1. The summed E-state index contributed by atoms with van der Waals surface area (Å²) in [6.45, 7) is 2.10. The van der Waals surface area contributed by atoms with Gasteiger partial charge in [0.25, 0.3) is 0 Å². The summed E-state index contributed by atoms with van der Waals surface area (Å²) in [5.74, 6) is -0.947. The number of hydrazine groups is 2. The van der Waals surface area contributed by atoms with E-state index in [0.717, 1.165) is 22.4 Å². The zero-order valence-electron chi connectivity index (χ0n) is 14.6. The quantitative estimate of drug-likeness (QED) is 0.660. The minimum absolute atomic E-state index is 0.264. The van der Waals surface area contributed by atoms with Crippen LogP contribution in [0.15, 0.2) is 60.7 Å². The number of hydrogen-bond acceptors (Lipinski definition) is 4. The van der Waals surface area contributed by atoms with Crippen LogP contribution in [0.3, 0.4) is 0 Å². The molecule has 0 spiro atoms. The van der Waals surface area contributed by atoms with E-state index in [-0.39, 0.29) is 5.56 Å². The number of nitrogens with zero attached hydrogens (tertiary/aromatic N) is 1. The van der Waals surface area contributed by atoms with Crippen LogP contribution in [0.5, 0.6) is 0 Å². The lowest BCUT2D eigenvalue weighted by molar-refractivity contribution is 0.0697. The molecule has 0 saturated heterocycles. The molecule has 5 heteroatoms. The van der Waals surface area contributed by atoms with Crippen molar-refractivity contribution in [1.29, 1.82) is 0 Å². The third kappa shape index (κ3) is 2.68. The molecule has 3 aromatic rings. The van der Waals surface area contributed by atoms with Crippen LogP contribution in [0.2, 0.25) is 0 Å². The molecule has 0 aliphatic carbocycles. The van der Waals surface area contributed by atoms with Gasteiger partial charge >= 0.3 is 5.97 Å². The summed E-state index contributed by atoms with van der Waals surface area (Å²) in [5, 5.41) is 11.2. The van der Waals surface area contributed by atoms with Crippen LogP contribution in [0.1, 0.15) is 15.9 Å². The highest BCUT2D eigenvalue weighted by molar-refractivity contribution is 6.01. The average Bonchev–Trinajstić information content (AvgIpc) is 3.02.